The van der Waals surface area contributed by atoms with Crippen LogP contribution in [0.25, 0.3) is 0 Å². The van der Waals surface area contributed by atoms with E-state index >= 15 is 0 Å². The Bertz CT molecular complexity index is 613. The molecule has 1 aromatic carbocycles. The van der Waals surface area contributed by atoms with E-state index in [1.54, 1.807) is 12.1 Å². The molecule has 0 aliphatic carbocycles. The molecule has 20 heavy (non-hydrogen) atoms. The van der Waals surface area contributed by atoms with Gasteiger partial charge in [0.25, 0.3) is 0 Å². The number of anilines is 1. The van der Waals surface area contributed by atoms with E-state index < -0.39 is 5.82 Å². The van der Waals surface area contributed by atoms with E-state index in [0.717, 1.165) is 19.4 Å². The van der Waals surface area contributed by atoms with E-state index in [9.17, 15) is 9.18 Å². The molecular weight excluding hydrogens is 325 g/mol. The second-order valence-electron chi connectivity index (χ2n) is 5.13. The fraction of sp³-hybridized carbons (Fsp3) is 0.429. The van der Waals surface area contributed by atoms with Crippen LogP contribution in [-0.2, 0) is 4.79 Å². The van der Waals surface area contributed by atoms with Crippen molar-refractivity contribution >= 4 is 27.5 Å². The maximum Gasteiger partial charge on any atom is 0.225 e. The molecule has 0 spiro atoms. The van der Waals surface area contributed by atoms with Crippen LogP contribution in [0.5, 0.6) is 0 Å². The molecule has 104 valence electrons. The minimum absolute atomic E-state index is 0.00517. The molecule has 0 radical (unpaired) electrons. The van der Waals surface area contributed by atoms with Gasteiger partial charge in [-0.1, -0.05) is 0 Å². The van der Waals surface area contributed by atoms with Crippen LogP contribution in [0.15, 0.2) is 16.6 Å². The third-order valence-corrected chi connectivity index (χ3v) is 4.87. The largest absolute Gasteiger partial charge is 0.364 e. The van der Waals surface area contributed by atoms with Crippen molar-refractivity contribution in [3.05, 3.63) is 28.0 Å². The molecule has 4 nitrogen and oxygen atoms in total. The van der Waals surface area contributed by atoms with Crippen LogP contribution >= 0.6 is 15.9 Å². The first-order valence-electron chi connectivity index (χ1n) is 6.56. The molecule has 0 aromatic heterocycles. The lowest BCUT2D eigenvalue weighted by Crippen LogP contribution is -2.46. The van der Waals surface area contributed by atoms with Crippen molar-refractivity contribution in [2.75, 3.05) is 18.0 Å². The van der Waals surface area contributed by atoms with E-state index in [0.29, 0.717) is 12.2 Å². The molecule has 1 amide bonds. The first-order chi connectivity index (χ1) is 9.63. The number of rotatable bonds is 1. The van der Waals surface area contributed by atoms with Gasteiger partial charge in [-0.05, 0) is 40.9 Å². The van der Waals surface area contributed by atoms with Crippen LogP contribution in [0.4, 0.5) is 10.1 Å². The second kappa shape index (κ2) is 5.06. The number of halogens is 2. The molecule has 1 N–H and O–H groups in total. The summed E-state index contributed by atoms with van der Waals surface area (Å²) < 4.78 is 14.6. The highest BCUT2D eigenvalue weighted by Crippen LogP contribution is 2.35. The van der Waals surface area contributed by atoms with Crippen molar-refractivity contribution in [3.8, 4) is 6.07 Å². The molecule has 2 unspecified atom stereocenters. The topological polar surface area (TPSA) is 56.1 Å². The van der Waals surface area contributed by atoms with Gasteiger partial charge in [0.2, 0.25) is 5.91 Å². The van der Waals surface area contributed by atoms with Gasteiger partial charge in [0.15, 0.2) is 5.82 Å². The number of carbonyl (C=O) groups excluding carboxylic acids is 1. The summed E-state index contributed by atoms with van der Waals surface area (Å²) in [6.45, 7) is 1.28. The number of piperidine rings is 1. The highest BCUT2D eigenvalue weighted by atomic mass is 79.9. The first-order valence-corrected chi connectivity index (χ1v) is 7.35. The fourth-order valence-corrected chi connectivity index (χ4v) is 3.52. The third-order valence-electron chi connectivity index (χ3n) is 4.09. The van der Waals surface area contributed by atoms with Gasteiger partial charge in [0.1, 0.15) is 6.07 Å². The van der Waals surface area contributed by atoms with E-state index in [1.165, 1.54) is 0 Å². The molecular formula is C14H13BrFN3O. The zero-order valence-electron chi connectivity index (χ0n) is 10.7. The van der Waals surface area contributed by atoms with Gasteiger partial charge < -0.3 is 10.2 Å². The summed E-state index contributed by atoms with van der Waals surface area (Å²) in [4.78, 5) is 13.7. The number of fused-ring (bicyclic) bond motifs is 1. The van der Waals surface area contributed by atoms with Gasteiger partial charge in [0, 0.05) is 13.1 Å². The number of amides is 1. The number of nitrogens with one attached hydrogen (secondary N) is 1. The van der Waals surface area contributed by atoms with Gasteiger partial charge in [-0.15, -0.1) is 0 Å². The van der Waals surface area contributed by atoms with Crippen molar-refractivity contribution < 1.29 is 9.18 Å². The van der Waals surface area contributed by atoms with E-state index in [-0.39, 0.29) is 27.9 Å². The van der Waals surface area contributed by atoms with Crippen molar-refractivity contribution in [3.63, 3.8) is 0 Å². The van der Waals surface area contributed by atoms with Crippen molar-refractivity contribution in [2.45, 2.75) is 18.9 Å². The number of benzene rings is 1. The van der Waals surface area contributed by atoms with Gasteiger partial charge in [-0.25, -0.2) is 4.39 Å². The van der Waals surface area contributed by atoms with Gasteiger partial charge in [0.05, 0.1) is 27.7 Å². The SMILES string of the molecule is N#Cc1ccc(N2CCCC3C(=O)NCC32)c(F)c1Br. The molecule has 2 saturated heterocycles. The standard InChI is InChI=1S/C14H13BrFN3O/c15-12-8(6-17)3-4-10(13(12)16)19-5-1-2-9-11(19)7-18-14(9)20/h3-4,9,11H,1-2,5,7H2,(H,18,20). The number of hydrogen-bond donors (Lipinski definition) is 1. The molecule has 6 heteroatoms. The van der Waals surface area contributed by atoms with Crippen LogP contribution < -0.4 is 10.2 Å². The Morgan fingerprint density at radius 2 is 2.30 bits per heavy atom. The smallest absolute Gasteiger partial charge is 0.225 e. The Morgan fingerprint density at radius 3 is 3.05 bits per heavy atom. The summed E-state index contributed by atoms with van der Waals surface area (Å²) in [5.41, 5.74) is 0.738. The number of nitriles is 1. The Morgan fingerprint density at radius 1 is 1.50 bits per heavy atom. The molecule has 2 aliphatic heterocycles. The monoisotopic (exact) mass is 337 g/mol. The quantitative estimate of drug-likeness (QED) is 0.854. The molecule has 3 rings (SSSR count). The summed E-state index contributed by atoms with van der Waals surface area (Å²) in [7, 11) is 0. The number of carbonyl (C=O) groups is 1. The van der Waals surface area contributed by atoms with Gasteiger partial charge in [-0.3, -0.25) is 4.79 Å². The Labute approximate surface area is 124 Å². The number of hydrogen-bond acceptors (Lipinski definition) is 3. The maximum absolute atomic E-state index is 14.4. The molecule has 2 aliphatic rings. The summed E-state index contributed by atoms with van der Waals surface area (Å²) in [5.74, 6) is -0.422. The minimum atomic E-state index is -0.427. The summed E-state index contributed by atoms with van der Waals surface area (Å²) in [6.07, 6.45) is 1.72. The predicted octanol–water partition coefficient (Wildman–Crippen LogP) is 2.17. The van der Waals surface area contributed by atoms with Crippen molar-refractivity contribution in [1.29, 1.82) is 5.26 Å². The van der Waals surface area contributed by atoms with Crippen LogP contribution in [0, 0.1) is 23.1 Å². The van der Waals surface area contributed by atoms with Crippen molar-refractivity contribution in [1.82, 2.24) is 5.32 Å². The zero-order valence-corrected chi connectivity index (χ0v) is 12.3. The van der Waals surface area contributed by atoms with Crippen molar-refractivity contribution in [2.24, 2.45) is 5.92 Å². The molecule has 2 atom stereocenters. The van der Waals surface area contributed by atoms with Crippen LogP contribution in [0.3, 0.4) is 0 Å². The summed E-state index contributed by atoms with van der Waals surface area (Å²) in [5, 5.41) is 11.8. The predicted molar refractivity (Wildman–Crippen MR) is 75.7 cm³/mol. The second-order valence-corrected chi connectivity index (χ2v) is 5.92. The van der Waals surface area contributed by atoms with Gasteiger partial charge >= 0.3 is 0 Å². The van der Waals surface area contributed by atoms with E-state index in [1.807, 2.05) is 11.0 Å². The Balaban J connectivity index is 1.99. The summed E-state index contributed by atoms with van der Waals surface area (Å²) >= 11 is 3.14. The Kier molecular flexibility index (Phi) is 3.38. The average Bonchev–Trinajstić information content (AvgIpc) is 2.84. The lowest BCUT2D eigenvalue weighted by Gasteiger charge is -2.38. The molecule has 1 aromatic rings. The zero-order chi connectivity index (χ0) is 14.3. The lowest BCUT2D eigenvalue weighted by molar-refractivity contribution is -0.123. The first kappa shape index (κ1) is 13.4. The minimum Gasteiger partial charge on any atom is -0.364 e. The molecule has 0 bridgehead atoms. The third kappa shape index (κ3) is 1.97. The van der Waals surface area contributed by atoms with Gasteiger partial charge in [-0.2, -0.15) is 5.26 Å². The summed E-state index contributed by atoms with van der Waals surface area (Å²) in [6, 6.07) is 5.19. The number of nitrogens with zero attached hydrogens (tertiary/aromatic N) is 2. The highest BCUT2D eigenvalue weighted by Gasteiger charge is 2.41. The van der Waals surface area contributed by atoms with E-state index in [4.69, 9.17) is 5.26 Å². The maximum atomic E-state index is 14.4. The van der Waals surface area contributed by atoms with Crippen LogP contribution in [0.1, 0.15) is 18.4 Å². The highest BCUT2D eigenvalue weighted by molar-refractivity contribution is 9.10. The Hall–Kier alpha value is -1.61. The normalized spacial score (nSPS) is 25.1. The lowest BCUT2D eigenvalue weighted by atomic mass is 9.91. The van der Waals surface area contributed by atoms with Crippen LogP contribution in [0.2, 0.25) is 0 Å². The average molecular weight is 338 g/mol. The molecule has 2 heterocycles. The molecule has 0 saturated carbocycles. The van der Waals surface area contributed by atoms with E-state index in [2.05, 4.69) is 21.2 Å². The fourth-order valence-electron chi connectivity index (χ4n) is 3.10. The van der Waals surface area contributed by atoms with Crippen LogP contribution in [-0.4, -0.2) is 25.0 Å². The molecule has 2 fully saturated rings.